The zero-order valence-electron chi connectivity index (χ0n) is 22.6. The van der Waals surface area contributed by atoms with Crippen molar-refractivity contribution in [1.82, 2.24) is 39.9 Å². The second kappa shape index (κ2) is 9.00. The lowest BCUT2D eigenvalue weighted by Crippen LogP contribution is -2.34. The van der Waals surface area contributed by atoms with Crippen molar-refractivity contribution in [3.8, 4) is 11.3 Å². The fraction of sp³-hybridized carbons (Fsp3) is 0.500. The van der Waals surface area contributed by atoms with Gasteiger partial charge in [-0.3, -0.25) is 0 Å². The average Bonchev–Trinajstić information content (AvgIpc) is 3.67. The normalized spacial score (nSPS) is 22.1. The Labute approximate surface area is 225 Å². The Hall–Kier alpha value is -3.08. The predicted molar refractivity (Wildman–Crippen MR) is 149 cm³/mol. The van der Waals surface area contributed by atoms with Crippen molar-refractivity contribution < 1.29 is 4.74 Å². The monoisotopic (exact) mass is 530 g/mol. The van der Waals surface area contributed by atoms with Crippen LogP contribution in [-0.4, -0.2) is 54.3 Å². The van der Waals surface area contributed by atoms with Crippen molar-refractivity contribution in [2.75, 3.05) is 19.8 Å². The highest BCUT2D eigenvalue weighted by atomic mass is 32.1. The first-order chi connectivity index (χ1) is 18.4. The molecule has 1 unspecified atom stereocenters. The maximum atomic E-state index is 5.60. The summed E-state index contributed by atoms with van der Waals surface area (Å²) in [6.07, 6.45) is 8.07. The van der Waals surface area contributed by atoms with Gasteiger partial charge in [-0.05, 0) is 67.7 Å². The van der Waals surface area contributed by atoms with E-state index in [-0.39, 0.29) is 6.04 Å². The van der Waals surface area contributed by atoms with Crippen LogP contribution >= 0.6 is 11.3 Å². The van der Waals surface area contributed by atoms with Gasteiger partial charge >= 0.3 is 0 Å². The number of nitrogens with zero attached hydrogens (tertiary/aromatic N) is 6. The minimum Gasteiger partial charge on any atom is -0.378 e. The minimum atomic E-state index is 0.148. The van der Waals surface area contributed by atoms with Crippen LogP contribution in [0.4, 0.5) is 0 Å². The molecule has 1 atom stereocenters. The van der Waals surface area contributed by atoms with E-state index in [2.05, 4.69) is 82.4 Å². The van der Waals surface area contributed by atoms with Crippen molar-refractivity contribution in [2.45, 2.75) is 71.4 Å². The number of pyridine rings is 1. The van der Waals surface area contributed by atoms with Crippen LogP contribution in [0.25, 0.3) is 27.1 Å². The zero-order chi connectivity index (χ0) is 26.1. The molecule has 198 valence electrons. The third kappa shape index (κ3) is 3.65. The summed E-state index contributed by atoms with van der Waals surface area (Å²) in [6.45, 7) is 13.5. The molecule has 6 heterocycles. The topological polar surface area (TPSA) is 97.9 Å². The van der Waals surface area contributed by atoms with Gasteiger partial charge in [0.1, 0.15) is 16.9 Å². The fourth-order valence-electron chi connectivity index (χ4n) is 6.28. The number of rotatable bonds is 5. The maximum absolute atomic E-state index is 5.60. The first-order valence-electron chi connectivity index (χ1n) is 13.6. The Kier molecular flexibility index (Phi) is 5.68. The molecule has 0 aromatic carbocycles. The van der Waals surface area contributed by atoms with E-state index >= 15 is 0 Å². The molecule has 5 aromatic rings. The number of morpholine rings is 1. The van der Waals surface area contributed by atoms with E-state index in [1.807, 2.05) is 15.9 Å². The van der Waals surface area contributed by atoms with Crippen molar-refractivity contribution in [2.24, 2.45) is 0 Å². The summed E-state index contributed by atoms with van der Waals surface area (Å²) < 4.78 is 9.57. The number of H-pyrrole nitrogens is 1. The van der Waals surface area contributed by atoms with Crippen molar-refractivity contribution in [3.63, 3.8) is 0 Å². The second-order valence-corrected chi connectivity index (χ2v) is 12.3. The molecule has 0 bridgehead atoms. The van der Waals surface area contributed by atoms with Crippen LogP contribution in [0, 0.1) is 20.8 Å². The molecule has 10 heteroatoms. The molecule has 0 radical (unpaired) electrons. The Morgan fingerprint density at radius 2 is 1.95 bits per heavy atom. The van der Waals surface area contributed by atoms with Crippen molar-refractivity contribution in [3.05, 3.63) is 51.5 Å². The van der Waals surface area contributed by atoms with Gasteiger partial charge in [0.05, 0.1) is 37.2 Å². The van der Waals surface area contributed by atoms with Gasteiger partial charge in [-0.25, -0.2) is 14.2 Å². The Bertz CT molecular complexity index is 1640. The van der Waals surface area contributed by atoms with E-state index in [0.29, 0.717) is 24.5 Å². The number of nitrogens with one attached hydrogen (secondary N) is 2. The molecule has 9 nitrogen and oxygen atoms in total. The van der Waals surface area contributed by atoms with Gasteiger partial charge in [-0.15, -0.1) is 16.4 Å². The third-order valence-electron chi connectivity index (χ3n) is 8.60. The van der Waals surface area contributed by atoms with E-state index in [4.69, 9.17) is 4.74 Å². The summed E-state index contributed by atoms with van der Waals surface area (Å²) in [5.74, 6) is 0.958. The fourth-order valence-corrected chi connectivity index (χ4v) is 7.64. The van der Waals surface area contributed by atoms with Crippen molar-refractivity contribution in [1.29, 1.82) is 0 Å². The number of ether oxygens (including phenoxy) is 1. The van der Waals surface area contributed by atoms with E-state index in [1.54, 1.807) is 6.33 Å². The van der Waals surface area contributed by atoms with Gasteiger partial charge in [0, 0.05) is 28.6 Å². The first kappa shape index (κ1) is 24.0. The molecule has 5 aromatic heterocycles. The van der Waals surface area contributed by atoms with Crippen LogP contribution in [0.2, 0.25) is 0 Å². The number of aromatic amines is 1. The molecule has 0 spiro atoms. The molecule has 1 saturated heterocycles. The van der Waals surface area contributed by atoms with Crippen LogP contribution < -0.4 is 5.32 Å². The van der Waals surface area contributed by atoms with Crippen LogP contribution in [-0.2, 0) is 4.74 Å². The number of hydrogen-bond donors (Lipinski definition) is 2. The molecule has 7 rings (SSSR count). The van der Waals surface area contributed by atoms with Gasteiger partial charge in [0.15, 0.2) is 5.65 Å². The standard InChI is InChI=1S/C28H34N8OS/c1-14(2)23-24-17(5)26(18-8-19(9-18)35-11-21(33-34-35)22-12-37-7-6-29-22)38-28(24)32-25(23)20-10-36-27(30-13-31-36)16(4)15(20)3/h10-11,13-14,18-19,22,29,32H,6-9,12H2,1-5H3/t18-,19+,22?. The summed E-state index contributed by atoms with van der Waals surface area (Å²) >= 11 is 1.93. The summed E-state index contributed by atoms with van der Waals surface area (Å²) in [4.78, 5) is 11.1. The number of aryl methyl sites for hydroxylation is 2. The quantitative estimate of drug-likeness (QED) is 0.318. The molecular weight excluding hydrogens is 496 g/mol. The van der Waals surface area contributed by atoms with Crippen LogP contribution in [0.3, 0.4) is 0 Å². The summed E-state index contributed by atoms with van der Waals surface area (Å²) in [7, 11) is 0. The molecule has 1 saturated carbocycles. The Morgan fingerprint density at radius 1 is 1.11 bits per heavy atom. The van der Waals surface area contributed by atoms with Crippen LogP contribution in [0.15, 0.2) is 18.7 Å². The highest BCUT2D eigenvalue weighted by Crippen LogP contribution is 2.51. The average molecular weight is 531 g/mol. The van der Waals surface area contributed by atoms with E-state index < -0.39 is 0 Å². The number of aromatic nitrogens is 7. The van der Waals surface area contributed by atoms with Gasteiger partial charge in [-0.2, -0.15) is 5.10 Å². The van der Waals surface area contributed by atoms with E-state index in [9.17, 15) is 0 Å². The maximum Gasteiger partial charge on any atom is 0.158 e. The van der Waals surface area contributed by atoms with Crippen LogP contribution in [0.1, 0.15) is 83.4 Å². The lowest BCUT2D eigenvalue weighted by molar-refractivity contribution is 0.0755. The van der Waals surface area contributed by atoms with Gasteiger partial charge in [-0.1, -0.05) is 19.1 Å². The lowest BCUT2D eigenvalue weighted by Gasteiger charge is -2.35. The lowest BCUT2D eigenvalue weighted by atomic mass is 9.78. The summed E-state index contributed by atoms with van der Waals surface area (Å²) in [5, 5.41) is 18.2. The van der Waals surface area contributed by atoms with Crippen molar-refractivity contribution >= 4 is 27.2 Å². The molecule has 2 aliphatic rings. The smallest absolute Gasteiger partial charge is 0.158 e. The van der Waals surface area contributed by atoms with Gasteiger partial charge in [0.2, 0.25) is 0 Å². The first-order valence-corrected chi connectivity index (χ1v) is 14.4. The highest BCUT2D eigenvalue weighted by Gasteiger charge is 2.36. The molecular formula is C28H34N8OS. The van der Waals surface area contributed by atoms with E-state index in [1.165, 1.54) is 48.6 Å². The Balaban J connectivity index is 1.18. The molecule has 1 aliphatic heterocycles. The number of fused-ring (bicyclic) bond motifs is 2. The van der Waals surface area contributed by atoms with Gasteiger partial charge < -0.3 is 15.0 Å². The largest absolute Gasteiger partial charge is 0.378 e. The zero-order valence-corrected chi connectivity index (χ0v) is 23.4. The van der Waals surface area contributed by atoms with Gasteiger partial charge in [0.25, 0.3) is 0 Å². The predicted octanol–water partition coefficient (Wildman–Crippen LogP) is 5.36. The molecule has 2 fully saturated rings. The third-order valence-corrected chi connectivity index (χ3v) is 9.97. The number of thiophene rings is 1. The molecule has 1 aliphatic carbocycles. The SMILES string of the molecule is Cc1c(-c2[nH]c3sc([C@H]4C[C@@H](n5cc(C6COCCN6)nn5)C4)c(C)c3c2C(C)C)cn2ncnc2c1C. The molecule has 0 amide bonds. The van der Waals surface area contributed by atoms with Crippen LogP contribution in [0.5, 0.6) is 0 Å². The minimum absolute atomic E-state index is 0.148. The summed E-state index contributed by atoms with van der Waals surface area (Å²) in [5.41, 5.74) is 9.59. The molecule has 2 N–H and O–H groups in total. The highest BCUT2D eigenvalue weighted by molar-refractivity contribution is 7.19. The van der Waals surface area contributed by atoms with E-state index in [0.717, 1.165) is 37.3 Å². The number of hydrogen-bond acceptors (Lipinski definition) is 7. The Morgan fingerprint density at radius 3 is 2.71 bits per heavy atom. The molecule has 38 heavy (non-hydrogen) atoms. The second-order valence-electron chi connectivity index (χ2n) is 11.2. The summed E-state index contributed by atoms with van der Waals surface area (Å²) in [6, 6.07) is 0.556.